The van der Waals surface area contributed by atoms with E-state index in [1.807, 2.05) is 42.5 Å². The van der Waals surface area contributed by atoms with Crippen molar-refractivity contribution in [2.45, 2.75) is 32.6 Å². The molecule has 3 aromatic carbocycles. The van der Waals surface area contributed by atoms with Gasteiger partial charge in [0.05, 0.1) is 13.2 Å². The maximum absolute atomic E-state index is 12.3. The van der Waals surface area contributed by atoms with E-state index < -0.39 is 0 Å². The zero-order valence-corrected chi connectivity index (χ0v) is 19.7. The van der Waals surface area contributed by atoms with Crippen LogP contribution >= 0.6 is 0 Å². The van der Waals surface area contributed by atoms with Gasteiger partial charge in [0.15, 0.2) is 0 Å². The summed E-state index contributed by atoms with van der Waals surface area (Å²) in [5.41, 5.74) is 3.34. The number of nitrogens with one attached hydrogen (secondary N) is 3. The number of carbonyl (C=O) groups excluding carboxylic acids is 2. The van der Waals surface area contributed by atoms with Crippen LogP contribution in [0, 0.1) is 0 Å². The summed E-state index contributed by atoms with van der Waals surface area (Å²) in [7, 11) is 0. The van der Waals surface area contributed by atoms with Crippen molar-refractivity contribution in [3.05, 3.63) is 90.0 Å². The van der Waals surface area contributed by atoms with Gasteiger partial charge >= 0.3 is 0 Å². The van der Waals surface area contributed by atoms with Gasteiger partial charge in [0, 0.05) is 29.5 Å². The molecule has 0 aliphatic carbocycles. The molecule has 0 aromatic heterocycles. The zero-order valence-electron chi connectivity index (χ0n) is 19.7. The summed E-state index contributed by atoms with van der Waals surface area (Å²) in [5.74, 6) is 0.496. The van der Waals surface area contributed by atoms with Crippen molar-refractivity contribution in [3.63, 3.8) is 0 Å². The van der Waals surface area contributed by atoms with Crippen molar-refractivity contribution in [3.8, 4) is 5.75 Å². The van der Waals surface area contributed by atoms with Gasteiger partial charge in [0.1, 0.15) is 5.75 Å². The van der Waals surface area contributed by atoms with E-state index in [0.29, 0.717) is 24.4 Å². The van der Waals surface area contributed by atoms with Gasteiger partial charge in [-0.3, -0.25) is 9.59 Å². The third-order valence-electron chi connectivity index (χ3n) is 5.26. The van der Waals surface area contributed by atoms with E-state index in [4.69, 9.17) is 4.74 Å². The largest absolute Gasteiger partial charge is 0.494 e. The Bertz CT molecular complexity index is 1040. The number of anilines is 2. The number of hydrogen-bond acceptors (Lipinski definition) is 4. The number of hydrogen-bond donors (Lipinski definition) is 3. The molecular formula is C28H33N3O3. The molecule has 34 heavy (non-hydrogen) atoms. The van der Waals surface area contributed by atoms with Gasteiger partial charge in [-0.1, -0.05) is 49.7 Å². The highest BCUT2D eigenvalue weighted by Gasteiger charge is 2.07. The van der Waals surface area contributed by atoms with Gasteiger partial charge < -0.3 is 20.7 Å². The van der Waals surface area contributed by atoms with Gasteiger partial charge in [-0.2, -0.15) is 0 Å². The second-order valence-corrected chi connectivity index (χ2v) is 8.05. The van der Waals surface area contributed by atoms with E-state index in [9.17, 15) is 9.59 Å². The van der Waals surface area contributed by atoms with Crippen LogP contribution in [0.2, 0.25) is 0 Å². The zero-order chi connectivity index (χ0) is 24.0. The molecule has 3 aromatic rings. The van der Waals surface area contributed by atoms with Crippen LogP contribution in [0.15, 0.2) is 78.9 Å². The van der Waals surface area contributed by atoms with Crippen molar-refractivity contribution in [2.24, 2.45) is 0 Å². The summed E-state index contributed by atoms with van der Waals surface area (Å²) in [6, 6.07) is 24.8. The van der Waals surface area contributed by atoms with Crippen LogP contribution in [-0.4, -0.2) is 31.5 Å². The molecule has 0 radical (unpaired) electrons. The van der Waals surface area contributed by atoms with E-state index in [-0.39, 0.29) is 18.4 Å². The first kappa shape index (κ1) is 24.8. The summed E-state index contributed by atoms with van der Waals surface area (Å²) in [6.45, 7) is 3.50. The molecule has 3 N–H and O–H groups in total. The number of benzene rings is 3. The van der Waals surface area contributed by atoms with Crippen molar-refractivity contribution in [1.82, 2.24) is 5.32 Å². The number of rotatable bonds is 13. The fourth-order valence-electron chi connectivity index (χ4n) is 3.38. The molecule has 178 valence electrons. The van der Waals surface area contributed by atoms with E-state index in [1.54, 1.807) is 24.3 Å². The maximum atomic E-state index is 12.3. The van der Waals surface area contributed by atoms with E-state index >= 15 is 0 Å². The van der Waals surface area contributed by atoms with Crippen LogP contribution in [0.5, 0.6) is 5.75 Å². The van der Waals surface area contributed by atoms with Crippen LogP contribution in [0.25, 0.3) is 0 Å². The minimum atomic E-state index is -0.172. The average molecular weight is 460 g/mol. The molecule has 2 amide bonds. The lowest BCUT2D eigenvalue weighted by atomic mass is 10.1. The van der Waals surface area contributed by atoms with Crippen LogP contribution < -0.4 is 20.7 Å². The summed E-state index contributed by atoms with van der Waals surface area (Å²) >= 11 is 0. The smallest absolute Gasteiger partial charge is 0.251 e. The normalized spacial score (nSPS) is 10.4. The lowest BCUT2D eigenvalue weighted by molar-refractivity contribution is -0.114. The summed E-state index contributed by atoms with van der Waals surface area (Å²) in [4.78, 5) is 24.4. The first-order valence-corrected chi connectivity index (χ1v) is 11.8. The topological polar surface area (TPSA) is 79.5 Å². The molecule has 3 rings (SSSR count). The monoisotopic (exact) mass is 459 g/mol. The lowest BCUT2D eigenvalue weighted by Gasteiger charge is -2.11. The van der Waals surface area contributed by atoms with Crippen molar-refractivity contribution >= 4 is 23.2 Å². The molecule has 0 atom stereocenters. The molecule has 0 aliphatic rings. The Balaban J connectivity index is 1.39. The first-order chi connectivity index (χ1) is 16.6. The Morgan fingerprint density at radius 2 is 1.65 bits per heavy atom. The van der Waals surface area contributed by atoms with Crippen molar-refractivity contribution in [2.75, 3.05) is 30.3 Å². The van der Waals surface area contributed by atoms with E-state index in [1.165, 1.54) is 5.56 Å². The second kappa shape index (κ2) is 13.7. The number of unbranched alkanes of at least 4 members (excludes halogenated alkanes) is 1. The van der Waals surface area contributed by atoms with Crippen LogP contribution in [0.4, 0.5) is 11.4 Å². The minimum Gasteiger partial charge on any atom is -0.494 e. The third kappa shape index (κ3) is 8.62. The highest BCUT2D eigenvalue weighted by atomic mass is 16.5. The van der Waals surface area contributed by atoms with Gasteiger partial charge in [-0.05, 0) is 61.2 Å². The van der Waals surface area contributed by atoms with Gasteiger partial charge in [-0.25, -0.2) is 0 Å². The Labute approximate surface area is 201 Å². The number of ether oxygens (including phenoxy) is 1. The summed E-state index contributed by atoms with van der Waals surface area (Å²) < 4.78 is 5.86. The second-order valence-electron chi connectivity index (χ2n) is 8.05. The Morgan fingerprint density at radius 3 is 2.41 bits per heavy atom. The van der Waals surface area contributed by atoms with E-state index in [2.05, 4.69) is 35.0 Å². The van der Waals surface area contributed by atoms with Crippen molar-refractivity contribution < 1.29 is 14.3 Å². The predicted octanol–water partition coefficient (Wildman–Crippen LogP) is 5.28. The van der Waals surface area contributed by atoms with Crippen LogP contribution in [0.3, 0.4) is 0 Å². The van der Waals surface area contributed by atoms with E-state index in [0.717, 1.165) is 37.1 Å². The Kier molecular flexibility index (Phi) is 9.99. The number of aryl methyl sites for hydroxylation is 1. The van der Waals surface area contributed by atoms with Gasteiger partial charge in [-0.15, -0.1) is 0 Å². The third-order valence-corrected chi connectivity index (χ3v) is 5.26. The lowest BCUT2D eigenvalue weighted by Crippen LogP contribution is -2.24. The molecule has 6 nitrogen and oxygen atoms in total. The highest BCUT2D eigenvalue weighted by molar-refractivity contribution is 5.96. The Morgan fingerprint density at radius 1 is 0.853 bits per heavy atom. The quantitative estimate of drug-likeness (QED) is 0.304. The maximum Gasteiger partial charge on any atom is 0.251 e. The minimum absolute atomic E-state index is 0.102. The molecule has 0 unspecified atom stereocenters. The number of carbonyl (C=O) groups is 2. The summed E-state index contributed by atoms with van der Waals surface area (Å²) in [6.07, 6.45) is 3.90. The Hall–Kier alpha value is -3.80. The standard InChI is InChI=1S/C28H33N3O3/c1-2-3-18-29-28(33)23-14-16-24(17-15-23)31-27(32)21-30-25-12-7-13-26(20-25)34-19-8-11-22-9-5-4-6-10-22/h4-7,9-10,12-17,20,30H,2-3,8,11,18-19,21H2,1H3,(H,29,33)(H,31,32). The predicted molar refractivity (Wildman–Crippen MR) is 138 cm³/mol. The van der Waals surface area contributed by atoms with Gasteiger partial charge in [0.2, 0.25) is 5.91 Å². The van der Waals surface area contributed by atoms with Crippen LogP contribution in [-0.2, 0) is 11.2 Å². The first-order valence-electron chi connectivity index (χ1n) is 11.8. The summed E-state index contributed by atoms with van der Waals surface area (Å²) in [5, 5.41) is 8.84. The molecule has 0 spiro atoms. The molecule has 0 heterocycles. The average Bonchev–Trinajstić information content (AvgIpc) is 2.87. The number of amides is 2. The molecule has 0 bridgehead atoms. The van der Waals surface area contributed by atoms with Crippen LogP contribution in [0.1, 0.15) is 42.1 Å². The SMILES string of the molecule is CCCCNC(=O)c1ccc(NC(=O)CNc2cccc(OCCCc3ccccc3)c2)cc1. The highest BCUT2D eigenvalue weighted by Crippen LogP contribution is 2.18. The fourth-order valence-corrected chi connectivity index (χ4v) is 3.38. The fraction of sp³-hybridized carbons (Fsp3) is 0.286. The molecule has 0 saturated carbocycles. The molecule has 0 fully saturated rings. The van der Waals surface area contributed by atoms with Crippen molar-refractivity contribution in [1.29, 1.82) is 0 Å². The molecule has 0 saturated heterocycles. The molecule has 6 heteroatoms. The van der Waals surface area contributed by atoms with Gasteiger partial charge in [0.25, 0.3) is 5.91 Å². The molecule has 0 aliphatic heterocycles. The molecular weight excluding hydrogens is 426 g/mol.